The molecule has 0 amide bonds. The third-order valence-electron chi connectivity index (χ3n) is 2.37. The number of aliphatic hydroxyl groups excluding tert-OH is 3. The predicted molar refractivity (Wildman–Crippen MR) is 54.2 cm³/mol. The minimum absolute atomic E-state index is 0.160. The normalized spacial score (nSPS) is 14.9. The molecule has 0 bridgehead atoms. The molecule has 0 aliphatic heterocycles. The lowest BCUT2D eigenvalue weighted by Gasteiger charge is -2.18. The first-order valence-electron chi connectivity index (χ1n) is 4.89. The van der Waals surface area contributed by atoms with Crippen molar-refractivity contribution in [3.05, 3.63) is 34.9 Å². The van der Waals surface area contributed by atoms with Gasteiger partial charge in [0.2, 0.25) is 0 Å². The van der Waals surface area contributed by atoms with Crippen molar-refractivity contribution in [1.29, 1.82) is 5.26 Å². The molecule has 3 N–H and O–H groups in total. The summed E-state index contributed by atoms with van der Waals surface area (Å²) in [6.45, 7) is -0.771. The molecule has 0 spiro atoms. The van der Waals surface area contributed by atoms with E-state index in [0.717, 1.165) is 6.07 Å². The van der Waals surface area contributed by atoms with Crippen LogP contribution in [0.2, 0.25) is 0 Å². The van der Waals surface area contributed by atoms with E-state index in [1.54, 1.807) is 0 Å². The maximum Gasteiger partial charge on any atom is 0.416 e. The van der Waals surface area contributed by atoms with Crippen molar-refractivity contribution in [3.63, 3.8) is 0 Å². The largest absolute Gasteiger partial charge is 0.416 e. The minimum atomic E-state index is -4.59. The van der Waals surface area contributed by atoms with E-state index in [-0.39, 0.29) is 5.56 Å². The number of benzene rings is 1. The van der Waals surface area contributed by atoms with Gasteiger partial charge in [0, 0.05) is 5.56 Å². The summed E-state index contributed by atoms with van der Waals surface area (Å²) >= 11 is 0. The highest BCUT2D eigenvalue weighted by Gasteiger charge is 2.32. The predicted octanol–water partition coefficient (Wildman–Crippen LogP) is 0.964. The zero-order valence-corrected chi connectivity index (χ0v) is 9.02. The van der Waals surface area contributed by atoms with Crippen molar-refractivity contribution in [3.8, 4) is 6.07 Å². The quantitative estimate of drug-likeness (QED) is 0.756. The molecule has 1 aromatic carbocycles. The zero-order valence-electron chi connectivity index (χ0n) is 9.02. The summed E-state index contributed by atoms with van der Waals surface area (Å²) in [6, 6.07) is 3.71. The van der Waals surface area contributed by atoms with E-state index in [2.05, 4.69) is 0 Å². The lowest BCUT2D eigenvalue weighted by Crippen LogP contribution is -2.23. The molecular weight excluding hydrogens is 251 g/mol. The zero-order chi connectivity index (χ0) is 13.9. The average molecular weight is 261 g/mol. The van der Waals surface area contributed by atoms with Crippen molar-refractivity contribution in [2.24, 2.45) is 0 Å². The van der Waals surface area contributed by atoms with Crippen LogP contribution in [-0.4, -0.2) is 28.0 Å². The van der Waals surface area contributed by atoms with Crippen LogP contribution in [0.5, 0.6) is 0 Å². The summed E-state index contributed by atoms with van der Waals surface area (Å²) in [7, 11) is 0. The van der Waals surface area contributed by atoms with Crippen LogP contribution in [-0.2, 0) is 6.18 Å². The van der Waals surface area contributed by atoms with Crippen LogP contribution in [0.3, 0.4) is 0 Å². The van der Waals surface area contributed by atoms with Gasteiger partial charge in [-0.25, -0.2) is 0 Å². The molecule has 0 aliphatic rings. The monoisotopic (exact) mass is 261 g/mol. The van der Waals surface area contributed by atoms with Gasteiger partial charge in [0.05, 0.1) is 23.8 Å². The molecule has 1 aromatic rings. The second kappa shape index (κ2) is 5.35. The lowest BCUT2D eigenvalue weighted by molar-refractivity contribution is -0.137. The topological polar surface area (TPSA) is 84.5 Å². The Hall–Kier alpha value is -1.62. The standard InChI is InChI=1S/C11H10F3NO3/c12-11(13,14)7-1-2-8(6(3-7)4-15)10(18)9(17)5-16/h1-3,9-10,16-18H,5H2. The molecular formula is C11H10F3NO3. The molecule has 0 aromatic heterocycles. The van der Waals surface area contributed by atoms with Gasteiger partial charge in [0.1, 0.15) is 12.2 Å². The molecule has 18 heavy (non-hydrogen) atoms. The van der Waals surface area contributed by atoms with Crippen molar-refractivity contribution < 1.29 is 28.5 Å². The van der Waals surface area contributed by atoms with Gasteiger partial charge in [0.25, 0.3) is 0 Å². The summed E-state index contributed by atoms with van der Waals surface area (Å²) in [6.07, 6.45) is -7.77. The average Bonchev–Trinajstić information content (AvgIpc) is 2.35. The van der Waals surface area contributed by atoms with Crippen LogP contribution in [0.15, 0.2) is 18.2 Å². The summed E-state index contributed by atoms with van der Waals surface area (Å²) in [5.74, 6) is 0. The van der Waals surface area contributed by atoms with E-state index in [0.29, 0.717) is 12.1 Å². The number of halogens is 3. The first-order valence-corrected chi connectivity index (χ1v) is 4.89. The third kappa shape index (κ3) is 2.98. The van der Waals surface area contributed by atoms with Crippen LogP contribution < -0.4 is 0 Å². The minimum Gasteiger partial charge on any atom is -0.394 e. The van der Waals surface area contributed by atoms with Gasteiger partial charge in [-0.3, -0.25) is 0 Å². The highest BCUT2D eigenvalue weighted by Crippen LogP contribution is 2.32. The maximum atomic E-state index is 12.4. The molecule has 0 radical (unpaired) electrons. The first kappa shape index (κ1) is 14.4. The van der Waals surface area contributed by atoms with Crippen LogP contribution >= 0.6 is 0 Å². The Morgan fingerprint density at radius 1 is 1.28 bits per heavy atom. The molecule has 2 atom stereocenters. The lowest BCUT2D eigenvalue weighted by atomic mass is 9.97. The van der Waals surface area contributed by atoms with Gasteiger partial charge in [-0.15, -0.1) is 0 Å². The van der Waals surface area contributed by atoms with Gasteiger partial charge in [0.15, 0.2) is 0 Å². The number of hydrogen-bond acceptors (Lipinski definition) is 4. The Morgan fingerprint density at radius 2 is 1.89 bits per heavy atom. The van der Waals surface area contributed by atoms with E-state index in [9.17, 15) is 23.4 Å². The molecule has 4 nitrogen and oxygen atoms in total. The van der Waals surface area contributed by atoms with Gasteiger partial charge < -0.3 is 15.3 Å². The molecule has 0 heterocycles. The number of hydrogen-bond donors (Lipinski definition) is 3. The van der Waals surface area contributed by atoms with Crippen molar-refractivity contribution in [2.45, 2.75) is 18.4 Å². The highest BCUT2D eigenvalue weighted by atomic mass is 19.4. The molecule has 1 rings (SSSR count). The van der Waals surface area contributed by atoms with E-state index in [1.165, 1.54) is 6.07 Å². The SMILES string of the molecule is N#Cc1cc(C(F)(F)F)ccc1C(O)C(O)CO. The number of alkyl halides is 3. The van der Waals surface area contributed by atoms with Gasteiger partial charge in [-0.1, -0.05) is 6.07 Å². The smallest absolute Gasteiger partial charge is 0.394 e. The number of rotatable bonds is 3. The maximum absolute atomic E-state index is 12.4. The Balaban J connectivity index is 3.21. The summed E-state index contributed by atoms with van der Waals surface area (Å²) in [4.78, 5) is 0. The summed E-state index contributed by atoms with van der Waals surface area (Å²) in [5.41, 5.74) is -1.58. The third-order valence-corrected chi connectivity index (χ3v) is 2.37. The second-order valence-electron chi connectivity index (χ2n) is 3.61. The molecule has 98 valence electrons. The van der Waals surface area contributed by atoms with Crippen LogP contribution in [0.4, 0.5) is 13.2 Å². The number of nitriles is 1. The fraction of sp³-hybridized carbons (Fsp3) is 0.364. The van der Waals surface area contributed by atoms with E-state index < -0.39 is 36.1 Å². The molecule has 7 heteroatoms. The Bertz CT molecular complexity index is 468. The summed E-state index contributed by atoms with van der Waals surface area (Å²) in [5, 5.41) is 36.1. The number of aliphatic hydroxyl groups is 3. The number of nitrogens with zero attached hydrogens (tertiary/aromatic N) is 1. The molecule has 0 saturated heterocycles. The Labute approximate surface area is 101 Å². The molecule has 0 fully saturated rings. The summed E-state index contributed by atoms with van der Waals surface area (Å²) < 4.78 is 37.2. The van der Waals surface area contributed by atoms with E-state index >= 15 is 0 Å². The van der Waals surface area contributed by atoms with Crippen molar-refractivity contribution in [2.75, 3.05) is 6.61 Å². The fourth-order valence-electron chi connectivity index (χ4n) is 1.39. The molecule has 0 saturated carbocycles. The van der Waals surface area contributed by atoms with Crippen molar-refractivity contribution >= 4 is 0 Å². The van der Waals surface area contributed by atoms with Gasteiger partial charge in [-0.2, -0.15) is 18.4 Å². The van der Waals surface area contributed by atoms with Gasteiger partial charge in [-0.05, 0) is 12.1 Å². The van der Waals surface area contributed by atoms with E-state index in [1.807, 2.05) is 0 Å². The fourth-order valence-corrected chi connectivity index (χ4v) is 1.39. The van der Waals surface area contributed by atoms with Crippen LogP contribution in [0.25, 0.3) is 0 Å². The van der Waals surface area contributed by atoms with Crippen LogP contribution in [0.1, 0.15) is 22.8 Å². The van der Waals surface area contributed by atoms with Gasteiger partial charge >= 0.3 is 6.18 Å². The van der Waals surface area contributed by atoms with Crippen LogP contribution in [0, 0.1) is 11.3 Å². The van der Waals surface area contributed by atoms with Crippen molar-refractivity contribution in [1.82, 2.24) is 0 Å². The second-order valence-corrected chi connectivity index (χ2v) is 3.61. The molecule has 2 unspecified atom stereocenters. The van der Waals surface area contributed by atoms with E-state index in [4.69, 9.17) is 10.4 Å². The Morgan fingerprint density at radius 3 is 2.33 bits per heavy atom. The molecule has 0 aliphatic carbocycles. The Kier molecular flexibility index (Phi) is 4.29. The highest BCUT2D eigenvalue weighted by molar-refractivity contribution is 5.43. The first-order chi connectivity index (χ1) is 8.31.